The summed E-state index contributed by atoms with van der Waals surface area (Å²) in [5.41, 5.74) is 0. The lowest BCUT2D eigenvalue weighted by molar-refractivity contribution is 0.396. The highest BCUT2D eigenvalue weighted by Crippen LogP contribution is 2.25. The number of anilines is 1. The number of ether oxygens (including phenoxy) is 1. The van der Waals surface area contributed by atoms with Gasteiger partial charge in [0.15, 0.2) is 0 Å². The fraction of sp³-hybridized carbons (Fsp3) is 0.636. The molecule has 2 heterocycles. The first-order valence-electron chi connectivity index (χ1n) is 5.54. The zero-order valence-corrected chi connectivity index (χ0v) is 11.0. The lowest BCUT2D eigenvalue weighted by atomic mass is 10.0. The normalized spacial score (nSPS) is 20.9. The lowest BCUT2D eigenvalue weighted by Gasteiger charge is -2.35. The minimum Gasteiger partial charge on any atom is -0.481 e. The van der Waals surface area contributed by atoms with Gasteiger partial charge < -0.3 is 9.64 Å². The average molecular weight is 286 g/mol. The molecule has 2 rings (SSSR count). The molecule has 0 saturated carbocycles. The first-order chi connectivity index (χ1) is 7.85. The Labute approximate surface area is 104 Å². The molecule has 4 nitrogen and oxygen atoms in total. The van der Waals surface area contributed by atoms with E-state index in [-0.39, 0.29) is 0 Å². The summed E-state index contributed by atoms with van der Waals surface area (Å²) in [5.74, 6) is 1.60. The van der Waals surface area contributed by atoms with Crippen molar-refractivity contribution in [3.63, 3.8) is 0 Å². The highest BCUT2D eigenvalue weighted by molar-refractivity contribution is 9.09. The zero-order chi connectivity index (χ0) is 11.4. The first-order valence-corrected chi connectivity index (χ1v) is 6.66. The van der Waals surface area contributed by atoms with Gasteiger partial charge in [0.2, 0.25) is 5.88 Å². The molecule has 0 N–H and O–H groups in total. The Balaban J connectivity index is 2.20. The predicted octanol–water partition coefficient (Wildman–Crippen LogP) is 2.24. The standard InChI is InChI=1S/C11H16BrN3O/c1-16-11-6-10(13-8-14-11)15-5-3-2-4-9(15)7-12/h6,8-9H,2-5,7H2,1H3. The van der Waals surface area contributed by atoms with Gasteiger partial charge in [-0.1, -0.05) is 15.9 Å². The largest absolute Gasteiger partial charge is 0.481 e. The Morgan fingerprint density at radius 3 is 3.12 bits per heavy atom. The van der Waals surface area contributed by atoms with Crippen molar-refractivity contribution in [1.29, 1.82) is 0 Å². The Morgan fingerprint density at radius 1 is 1.50 bits per heavy atom. The van der Waals surface area contributed by atoms with Crippen molar-refractivity contribution in [3.8, 4) is 5.88 Å². The number of rotatable bonds is 3. The van der Waals surface area contributed by atoms with Crippen LogP contribution in [0.2, 0.25) is 0 Å². The second-order valence-corrected chi connectivity index (χ2v) is 4.56. The highest BCUT2D eigenvalue weighted by atomic mass is 79.9. The zero-order valence-electron chi connectivity index (χ0n) is 9.40. The third-order valence-corrected chi connectivity index (χ3v) is 3.68. The third kappa shape index (κ3) is 2.45. The maximum atomic E-state index is 5.13. The highest BCUT2D eigenvalue weighted by Gasteiger charge is 2.22. The number of aromatic nitrogens is 2. The molecule has 0 amide bonds. The molecule has 0 radical (unpaired) electrons. The minimum atomic E-state index is 0.536. The maximum absolute atomic E-state index is 5.13. The van der Waals surface area contributed by atoms with Gasteiger partial charge in [0.1, 0.15) is 12.1 Å². The second-order valence-electron chi connectivity index (χ2n) is 3.92. The summed E-state index contributed by atoms with van der Waals surface area (Å²) >= 11 is 3.57. The number of halogens is 1. The molecule has 1 aromatic heterocycles. The van der Waals surface area contributed by atoms with Crippen molar-refractivity contribution in [2.24, 2.45) is 0 Å². The van der Waals surface area contributed by atoms with Gasteiger partial charge in [-0.25, -0.2) is 9.97 Å². The summed E-state index contributed by atoms with van der Waals surface area (Å²) in [6.45, 7) is 1.07. The maximum Gasteiger partial charge on any atom is 0.218 e. The number of hydrogen-bond donors (Lipinski definition) is 0. The van der Waals surface area contributed by atoms with Crippen LogP contribution in [-0.4, -0.2) is 35.0 Å². The van der Waals surface area contributed by atoms with Crippen molar-refractivity contribution in [1.82, 2.24) is 9.97 Å². The Kier molecular flexibility index (Phi) is 3.98. The van der Waals surface area contributed by atoms with Crippen LogP contribution >= 0.6 is 15.9 Å². The molecule has 1 fully saturated rings. The van der Waals surface area contributed by atoms with Gasteiger partial charge in [-0.05, 0) is 19.3 Å². The van der Waals surface area contributed by atoms with E-state index in [4.69, 9.17) is 4.74 Å². The van der Waals surface area contributed by atoms with Gasteiger partial charge in [0.05, 0.1) is 7.11 Å². The molecule has 1 unspecified atom stereocenters. The van der Waals surface area contributed by atoms with Gasteiger partial charge in [-0.3, -0.25) is 0 Å². The van der Waals surface area contributed by atoms with Crippen LogP contribution in [0.15, 0.2) is 12.4 Å². The van der Waals surface area contributed by atoms with Gasteiger partial charge in [-0.15, -0.1) is 0 Å². The number of alkyl halides is 1. The molecule has 16 heavy (non-hydrogen) atoms. The van der Waals surface area contributed by atoms with E-state index in [1.54, 1.807) is 13.4 Å². The Morgan fingerprint density at radius 2 is 2.38 bits per heavy atom. The summed E-state index contributed by atoms with van der Waals surface area (Å²) in [6, 6.07) is 2.44. The van der Waals surface area contributed by atoms with Crippen molar-refractivity contribution in [2.75, 3.05) is 23.9 Å². The molecular weight excluding hydrogens is 270 g/mol. The average Bonchev–Trinajstić information content (AvgIpc) is 2.38. The number of nitrogens with zero attached hydrogens (tertiary/aromatic N) is 3. The number of hydrogen-bond acceptors (Lipinski definition) is 4. The summed E-state index contributed by atoms with van der Waals surface area (Å²) in [5, 5.41) is 0.985. The van der Waals surface area contributed by atoms with Crippen LogP contribution in [0.4, 0.5) is 5.82 Å². The van der Waals surface area contributed by atoms with Gasteiger partial charge in [0, 0.05) is 24.0 Å². The molecule has 1 aliphatic heterocycles. The van der Waals surface area contributed by atoms with Crippen molar-refractivity contribution < 1.29 is 4.74 Å². The summed E-state index contributed by atoms with van der Waals surface area (Å²) in [7, 11) is 1.63. The monoisotopic (exact) mass is 285 g/mol. The van der Waals surface area contributed by atoms with E-state index in [1.165, 1.54) is 19.3 Å². The van der Waals surface area contributed by atoms with Crippen molar-refractivity contribution >= 4 is 21.7 Å². The van der Waals surface area contributed by atoms with Crippen LogP contribution in [0.25, 0.3) is 0 Å². The molecule has 1 aromatic rings. The molecule has 1 atom stereocenters. The SMILES string of the molecule is COc1cc(N2CCCCC2CBr)ncn1. The van der Waals surface area contributed by atoms with E-state index in [0.717, 1.165) is 17.7 Å². The molecule has 0 aromatic carbocycles. The van der Waals surface area contributed by atoms with Crippen LogP contribution in [0.3, 0.4) is 0 Å². The molecule has 1 saturated heterocycles. The smallest absolute Gasteiger partial charge is 0.218 e. The predicted molar refractivity (Wildman–Crippen MR) is 67.4 cm³/mol. The lowest BCUT2D eigenvalue weighted by Crippen LogP contribution is -2.41. The molecular formula is C11H16BrN3O. The van der Waals surface area contributed by atoms with Gasteiger partial charge in [0.25, 0.3) is 0 Å². The Hall–Kier alpha value is -0.840. The van der Waals surface area contributed by atoms with Crippen LogP contribution in [0, 0.1) is 0 Å². The van der Waals surface area contributed by atoms with Crippen molar-refractivity contribution in [3.05, 3.63) is 12.4 Å². The topological polar surface area (TPSA) is 38.2 Å². The fourth-order valence-corrected chi connectivity index (χ4v) is 2.73. The van der Waals surface area contributed by atoms with E-state index < -0.39 is 0 Å². The minimum absolute atomic E-state index is 0.536. The van der Waals surface area contributed by atoms with Crippen LogP contribution in [0.5, 0.6) is 5.88 Å². The molecule has 1 aliphatic rings. The number of methoxy groups -OCH3 is 1. The molecule has 88 valence electrons. The molecule has 0 spiro atoms. The van der Waals surface area contributed by atoms with Crippen molar-refractivity contribution in [2.45, 2.75) is 25.3 Å². The van der Waals surface area contributed by atoms with Gasteiger partial charge in [-0.2, -0.15) is 0 Å². The summed E-state index contributed by atoms with van der Waals surface area (Å²) in [4.78, 5) is 10.7. The number of piperidine rings is 1. The van der Waals surface area contributed by atoms with E-state index >= 15 is 0 Å². The Bertz CT molecular complexity index is 348. The molecule has 5 heteroatoms. The second kappa shape index (κ2) is 5.48. The van der Waals surface area contributed by atoms with Crippen LogP contribution < -0.4 is 9.64 Å². The summed E-state index contributed by atoms with van der Waals surface area (Å²) < 4.78 is 5.13. The van der Waals surface area contributed by atoms with Crippen LogP contribution in [-0.2, 0) is 0 Å². The molecule has 0 aliphatic carbocycles. The fourth-order valence-electron chi connectivity index (χ4n) is 2.06. The molecule has 0 bridgehead atoms. The van der Waals surface area contributed by atoms with E-state index in [2.05, 4.69) is 30.8 Å². The summed E-state index contributed by atoms with van der Waals surface area (Å²) in [6.07, 6.45) is 5.32. The van der Waals surface area contributed by atoms with Crippen LogP contribution in [0.1, 0.15) is 19.3 Å². The first kappa shape index (κ1) is 11.6. The van der Waals surface area contributed by atoms with E-state index in [9.17, 15) is 0 Å². The van der Waals surface area contributed by atoms with Gasteiger partial charge >= 0.3 is 0 Å². The van der Waals surface area contributed by atoms with E-state index in [0.29, 0.717) is 11.9 Å². The third-order valence-electron chi connectivity index (χ3n) is 2.94. The quantitative estimate of drug-likeness (QED) is 0.799. The van der Waals surface area contributed by atoms with E-state index in [1.807, 2.05) is 6.07 Å².